The van der Waals surface area contributed by atoms with Crippen molar-refractivity contribution in [3.05, 3.63) is 48.5 Å². The summed E-state index contributed by atoms with van der Waals surface area (Å²) in [6.45, 7) is 0. The van der Waals surface area contributed by atoms with E-state index in [9.17, 15) is 0 Å². The molecule has 0 amide bonds. The lowest BCUT2D eigenvalue weighted by atomic mass is 9.96. The van der Waals surface area contributed by atoms with Gasteiger partial charge in [-0.1, -0.05) is 17.6 Å². The number of nitrogens with zero attached hydrogens (tertiary/aromatic N) is 3. The molecule has 18 heavy (non-hydrogen) atoms. The molecule has 3 nitrogen and oxygen atoms in total. The second-order valence-corrected chi connectivity index (χ2v) is 4.20. The fourth-order valence-corrected chi connectivity index (χ4v) is 1.47. The highest BCUT2D eigenvalue weighted by Crippen LogP contribution is 2.20. The second kappa shape index (κ2) is 5.49. The second-order valence-electron chi connectivity index (χ2n) is 4.20. The quantitative estimate of drug-likeness (QED) is 0.593. The van der Waals surface area contributed by atoms with Crippen LogP contribution in [0, 0.1) is 0 Å². The minimum atomic E-state index is 0.726. The van der Waals surface area contributed by atoms with E-state index in [-0.39, 0.29) is 0 Å². The van der Waals surface area contributed by atoms with Gasteiger partial charge >= 0.3 is 0 Å². The smallest absolute Gasteiger partial charge is 0.113 e. The Labute approximate surface area is 109 Å². The van der Waals surface area contributed by atoms with E-state index in [4.69, 9.17) is 7.85 Å². The van der Waals surface area contributed by atoms with E-state index in [2.05, 4.69) is 10.2 Å². The zero-order valence-corrected chi connectivity index (χ0v) is 10.5. The van der Waals surface area contributed by atoms with E-state index < -0.39 is 0 Å². The van der Waals surface area contributed by atoms with Gasteiger partial charge in [-0.05, 0) is 36.4 Å². The van der Waals surface area contributed by atoms with Crippen molar-refractivity contribution in [1.29, 1.82) is 0 Å². The van der Waals surface area contributed by atoms with E-state index in [1.54, 1.807) is 0 Å². The molecule has 4 heteroatoms. The molecule has 0 atom stereocenters. The van der Waals surface area contributed by atoms with Crippen LogP contribution in [-0.2, 0) is 0 Å². The summed E-state index contributed by atoms with van der Waals surface area (Å²) in [7, 11) is 9.61. The van der Waals surface area contributed by atoms with Crippen LogP contribution in [0.4, 0.5) is 17.1 Å². The summed E-state index contributed by atoms with van der Waals surface area (Å²) in [5.74, 6) is 0. The fraction of sp³-hybridized carbons (Fsp3) is 0.143. The summed E-state index contributed by atoms with van der Waals surface area (Å²) in [6.07, 6.45) is 0. The van der Waals surface area contributed by atoms with Gasteiger partial charge in [-0.25, -0.2) is 0 Å². The first-order chi connectivity index (χ1) is 8.65. The van der Waals surface area contributed by atoms with Crippen molar-refractivity contribution in [3.63, 3.8) is 0 Å². The summed E-state index contributed by atoms with van der Waals surface area (Å²) < 4.78 is 0. The maximum atomic E-state index is 5.60. The first kappa shape index (κ1) is 12.4. The van der Waals surface area contributed by atoms with Gasteiger partial charge in [0.25, 0.3) is 0 Å². The van der Waals surface area contributed by atoms with Crippen molar-refractivity contribution in [2.24, 2.45) is 10.2 Å². The van der Waals surface area contributed by atoms with Crippen LogP contribution in [0.3, 0.4) is 0 Å². The molecule has 0 saturated heterocycles. The lowest BCUT2D eigenvalue weighted by Crippen LogP contribution is -2.07. The van der Waals surface area contributed by atoms with Crippen molar-refractivity contribution < 1.29 is 0 Å². The van der Waals surface area contributed by atoms with Crippen LogP contribution >= 0.6 is 0 Å². The highest BCUT2D eigenvalue weighted by atomic mass is 15.1. The summed E-state index contributed by atoms with van der Waals surface area (Å²) in [4.78, 5) is 2.04. The summed E-state index contributed by atoms with van der Waals surface area (Å²) in [5.41, 5.74) is 3.49. The molecule has 0 heterocycles. The molecule has 2 aromatic carbocycles. The lowest BCUT2D eigenvalue weighted by Gasteiger charge is -2.11. The molecule has 0 aliphatic heterocycles. The standard InChI is InChI=1S/C14H14BN3/c1-18(2)14-9-7-13(8-10-14)17-16-12-5-3-11(15)4-6-12/h3-10H,1-2H3. The molecule has 0 spiro atoms. The molecule has 0 saturated carbocycles. The molecular formula is C14H14BN3. The van der Waals surface area contributed by atoms with Crippen LogP contribution in [0.15, 0.2) is 58.8 Å². The first-order valence-corrected chi connectivity index (χ1v) is 5.70. The van der Waals surface area contributed by atoms with Crippen LogP contribution in [0.1, 0.15) is 0 Å². The average molecular weight is 235 g/mol. The molecular weight excluding hydrogens is 221 g/mol. The van der Waals surface area contributed by atoms with Crippen molar-refractivity contribution in [2.75, 3.05) is 19.0 Å². The Morgan fingerprint density at radius 2 is 1.22 bits per heavy atom. The third-order valence-corrected chi connectivity index (χ3v) is 2.54. The van der Waals surface area contributed by atoms with Gasteiger partial charge in [-0.2, -0.15) is 10.2 Å². The number of anilines is 1. The van der Waals surface area contributed by atoms with Gasteiger partial charge in [0.15, 0.2) is 0 Å². The van der Waals surface area contributed by atoms with Gasteiger partial charge in [0.2, 0.25) is 0 Å². The van der Waals surface area contributed by atoms with E-state index in [1.807, 2.05) is 67.5 Å². The van der Waals surface area contributed by atoms with Crippen molar-refractivity contribution in [2.45, 2.75) is 0 Å². The molecule has 2 aromatic rings. The van der Waals surface area contributed by atoms with Gasteiger partial charge in [0.1, 0.15) is 7.85 Å². The molecule has 2 radical (unpaired) electrons. The normalized spacial score (nSPS) is 10.8. The van der Waals surface area contributed by atoms with Gasteiger partial charge in [0.05, 0.1) is 11.4 Å². The van der Waals surface area contributed by atoms with E-state index in [1.165, 1.54) is 0 Å². The molecule has 0 N–H and O–H groups in total. The van der Waals surface area contributed by atoms with Crippen LogP contribution in [0.5, 0.6) is 0 Å². The Kier molecular flexibility index (Phi) is 3.77. The molecule has 0 unspecified atom stereocenters. The Hall–Kier alpha value is -2.10. The maximum absolute atomic E-state index is 5.60. The summed E-state index contributed by atoms with van der Waals surface area (Å²) >= 11 is 0. The number of azo groups is 1. The van der Waals surface area contributed by atoms with Crippen molar-refractivity contribution >= 4 is 30.4 Å². The Balaban J connectivity index is 2.11. The molecule has 0 aliphatic carbocycles. The van der Waals surface area contributed by atoms with Gasteiger partial charge in [-0.3, -0.25) is 0 Å². The van der Waals surface area contributed by atoms with E-state index in [0.29, 0.717) is 0 Å². The van der Waals surface area contributed by atoms with E-state index >= 15 is 0 Å². The predicted molar refractivity (Wildman–Crippen MR) is 76.8 cm³/mol. The third-order valence-electron chi connectivity index (χ3n) is 2.54. The molecule has 0 bridgehead atoms. The fourth-order valence-electron chi connectivity index (χ4n) is 1.47. The highest BCUT2D eigenvalue weighted by molar-refractivity contribution is 6.32. The molecule has 0 fully saturated rings. The Morgan fingerprint density at radius 3 is 1.67 bits per heavy atom. The minimum Gasteiger partial charge on any atom is -0.378 e. The lowest BCUT2D eigenvalue weighted by molar-refractivity contribution is 1.13. The number of rotatable bonds is 3. The minimum absolute atomic E-state index is 0.726. The van der Waals surface area contributed by atoms with Gasteiger partial charge in [0, 0.05) is 19.8 Å². The summed E-state index contributed by atoms with van der Waals surface area (Å²) in [6, 6.07) is 15.2. The summed E-state index contributed by atoms with van der Waals surface area (Å²) in [5, 5.41) is 8.32. The van der Waals surface area contributed by atoms with Crippen molar-refractivity contribution in [1.82, 2.24) is 0 Å². The van der Waals surface area contributed by atoms with Crippen LogP contribution in [0.25, 0.3) is 0 Å². The average Bonchev–Trinajstić information content (AvgIpc) is 2.38. The monoisotopic (exact) mass is 235 g/mol. The van der Waals surface area contributed by atoms with E-state index in [0.717, 1.165) is 22.5 Å². The molecule has 88 valence electrons. The molecule has 0 aromatic heterocycles. The van der Waals surface area contributed by atoms with Gasteiger partial charge < -0.3 is 4.90 Å². The number of benzene rings is 2. The third kappa shape index (κ3) is 3.20. The zero-order chi connectivity index (χ0) is 13.0. The van der Waals surface area contributed by atoms with Crippen LogP contribution in [-0.4, -0.2) is 21.9 Å². The molecule has 0 aliphatic rings. The number of hydrogen-bond donors (Lipinski definition) is 0. The Morgan fingerprint density at radius 1 is 0.778 bits per heavy atom. The SMILES string of the molecule is [B]c1ccc(N=Nc2ccc(N(C)C)cc2)cc1. The maximum Gasteiger partial charge on any atom is 0.113 e. The highest BCUT2D eigenvalue weighted by Gasteiger charge is 1.95. The zero-order valence-electron chi connectivity index (χ0n) is 10.5. The first-order valence-electron chi connectivity index (χ1n) is 5.70. The van der Waals surface area contributed by atoms with Crippen LogP contribution < -0.4 is 10.4 Å². The Bertz CT molecular complexity index is 530. The topological polar surface area (TPSA) is 28.0 Å². The molecule has 2 rings (SSSR count). The predicted octanol–water partition coefficient (Wildman–Crippen LogP) is 2.96. The number of hydrogen-bond acceptors (Lipinski definition) is 3. The van der Waals surface area contributed by atoms with Gasteiger partial charge in [-0.15, -0.1) is 0 Å². The van der Waals surface area contributed by atoms with Crippen molar-refractivity contribution in [3.8, 4) is 0 Å². The van der Waals surface area contributed by atoms with Crippen LogP contribution in [0.2, 0.25) is 0 Å². The largest absolute Gasteiger partial charge is 0.378 e.